The minimum atomic E-state index is -0.503. The van der Waals surface area contributed by atoms with Crippen molar-refractivity contribution >= 4 is 23.1 Å². The second-order valence-corrected chi connectivity index (χ2v) is 5.24. The molecule has 2 aromatic heterocycles. The molecule has 0 unspecified atom stereocenters. The van der Waals surface area contributed by atoms with Gasteiger partial charge in [0.25, 0.3) is 0 Å². The molecule has 110 valence electrons. The van der Waals surface area contributed by atoms with Gasteiger partial charge in [0.05, 0.1) is 5.69 Å². The Labute approximate surface area is 127 Å². The fourth-order valence-corrected chi connectivity index (χ4v) is 2.39. The molecule has 3 aromatic rings. The molecule has 0 atom stereocenters. The summed E-state index contributed by atoms with van der Waals surface area (Å²) in [6.45, 7) is 3.85. The monoisotopic (exact) mass is 294 g/mol. The van der Waals surface area contributed by atoms with E-state index in [0.29, 0.717) is 5.52 Å². The molecule has 0 saturated heterocycles. The predicted molar refractivity (Wildman–Crippen MR) is 86.0 cm³/mol. The lowest BCUT2D eigenvalue weighted by molar-refractivity contribution is 0.476. The Hall–Kier alpha value is -2.75. The zero-order chi connectivity index (χ0) is 15.7. The standard InChI is InChI=1S/C18H15FN2O/c1-11-9-12(2)18(22)17-15(11)7-6-14(21-17)5-3-13-4-8-16(19)20-10-13/h3-10,22H,1-2H3/b5-3+. The number of aromatic nitrogens is 2. The Bertz CT molecular complexity index is 870. The number of halogens is 1. The van der Waals surface area contributed by atoms with Gasteiger partial charge in [0.1, 0.15) is 11.3 Å². The summed E-state index contributed by atoms with van der Waals surface area (Å²) < 4.78 is 12.8. The summed E-state index contributed by atoms with van der Waals surface area (Å²) in [7, 11) is 0. The third kappa shape index (κ3) is 2.68. The zero-order valence-electron chi connectivity index (χ0n) is 12.3. The molecule has 22 heavy (non-hydrogen) atoms. The van der Waals surface area contributed by atoms with Crippen molar-refractivity contribution in [2.24, 2.45) is 0 Å². The van der Waals surface area contributed by atoms with Gasteiger partial charge in [0.15, 0.2) is 0 Å². The van der Waals surface area contributed by atoms with E-state index in [2.05, 4.69) is 9.97 Å². The number of aromatic hydroxyl groups is 1. The maximum atomic E-state index is 12.8. The lowest BCUT2D eigenvalue weighted by Crippen LogP contribution is -1.89. The summed E-state index contributed by atoms with van der Waals surface area (Å²) >= 11 is 0. The predicted octanol–water partition coefficient (Wildman–Crippen LogP) is 4.26. The van der Waals surface area contributed by atoms with Crippen molar-refractivity contribution in [3.05, 3.63) is 64.9 Å². The van der Waals surface area contributed by atoms with Crippen LogP contribution in [0.4, 0.5) is 4.39 Å². The smallest absolute Gasteiger partial charge is 0.212 e. The van der Waals surface area contributed by atoms with Gasteiger partial charge in [-0.3, -0.25) is 0 Å². The van der Waals surface area contributed by atoms with E-state index in [1.165, 1.54) is 12.3 Å². The zero-order valence-corrected chi connectivity index (χ0v) is 12.3. The van der Waals surface area contributed by atoms with E-state index in [9.17, 15) is 9.50 Å². The highest BCUT2D eigenvalue weighted by atomic mass is 19.1. The highest BCUT2D eigenvalue weighted by Gasteiger charge is 2.08. The van der Waals surface area contributed by atoms with Crippen LogP contribution in [-0.2, 0) is 0 Å². The molecule has 0 radical (unpaired) electrons. The van der Waals surface area contributed by atoms with E-state index in [1.807, 2.05) is 38.1 Å². The lowest BCUT2D eigenvalue weighted by Gasteiger charge is -2.07. The maximum Gasteiger partial charge on any atom is 0.212 e. The average Bonchev–Trinajstić information content (AvgIpc) is 2.52. The molecule has 0 spiro atoms. The quantitative estimate of drug-likeness (QED) is 0.718. The van der Waals surface area contributed by atoms with E-state index >= 15 is 0 Å². The first-order valence-electron chi connectivity index (χ1n) is 6.94. The fraction of sp³-hybridized carbons (Fsp3) is 0.111. The van der Waals surface area contributed by atoms with Gasteiger partial charge in [0.2, 0.25) is 5.95 Å². The first-order valence-corrected chi connectivity index (χ1v) is 6.94. The van der Waals surface area contributed by atoms with Crippen LogP contribution in [0.15, 0.2) is 36.5 Å². The van der Waals surface area contributed by atoms with Crippen LogP contribution in [0.1, 0.15) is 22.4 Å². The Balaban J connectivity index is 2.01. The van der Waals surface area contributed by atoms with E-state index < -0.39 is 5.95 Å². The summed E-state index contributed by atoms with van der Waals surface area (Å²) in [6.07, 6.45) is 5.07. The Morgan fingerprint density at radius 3 is 2.59 bits per heavy atom. The molecule has 3 rings (SSSR count). The normalized spacial score (nSPS) is 11.4. The molecule has 0 amide bonds. The van der Waals surface area contributed by atoms with Crippen LogP contribution in [0, 0.1) is 19.8 Å². The summed E-state index contributed by atoms with van der Waals surface area (Å²) in [5.41, 5.74) is 3.99. The van der Waals surface area contributed by atoms with Crippen molar-refractivity contribution < 1.29 is 9.50 Å². The van der Waals surface area contributed by atoms with E-state index in [1.54, 1.807) is 12.1 Å². The lowest BCUT2D eigenvalue weighted by atomic mass is 10.0. The van der Waals surface area contributed by atoms with Crippen LogP contribution in [0.3, 0.4) is 0 Å². The molecule has 0 fully saturated rings. The van der Waals surface area contributed by atoms with Crippen LogP contribution >= 0.6 is 0 Å². The summed E-state index contributed by atoms with van der Waals surface area (Å²) in [5, 5.41) is 11.1. The number of aryl methyl sites for hydroxylation is 2. The molecular weight excluding hydrogens is 279 g/mol. The number of nitrogens with zero attached hydrogens (tertiary/aromatic N) is 2. The van der Waals surface area contributed by atoms with Crippen LogP contribution < -0.4 is 0 Å². The van der Waals surface area contributed by atoms with Crippen molar-refractivity contribution in [2.75, 3.05) is 0 Å². The Morgan fingerprint density at radius 2 is 1.86 bits per heavy atom. The third-order valence-corrected chi connectivity index (χ3v) is 3.57. The van der Waals surface area contributed by atoms with Crippen LogP contribution in [0.25, 0.3) is 23.1 Å². The van der Waals surface area contributed by atoms with Crippen molar-refractivity contribution in [2.45, 2.75) is 13.8 Å². The van der Waals surface area contributed by atoms with Gasteiger partial charge in [-0.15, -0.1) is 0 Å². The first kappa shape index (κ1) is 14.2. The van der Waals surface area contributed by atoms with Gasteiger partial charge in [-0.05, 0) is 54.8 Å². The fourth-order valence-electron chi connectivity index (χ4n) is 2.39. The maximum absolute atomic E-state index is 12.8. The van der Waals surface area contributed by atoms with Crippen molar-refractivity contribution in [3.8, 4) is 5.75 Å². The average molecular weight is 294 g/mol. The molecule has 3 nitrogen and oxygen atoms in total. The van der Waals surface area contributed by atoms with Gasteiger partial charge < -0.3 is 5.11 Å². The minimum absolute atomic E-state index is 0.208. The van der Waals surface area contributed by atoms with Crippen LogP contribution in [-0.4, -0.2) is 15.1 Å². The first-order chi connectivity index (χ1) is 10.5. The van der Waals surface area contributed by atoms with Gasteiger partial charge in [-0.1, -0.05) is 18.2 Å². The van der Waals surface area contributed by atoms with Gasteiger partial charge in [0, 0.05) is 11.6 Å². The number of fused-ring (bicyclic) bond motifs is 1. The molecule has 0 aliphatic heterocycles. The van der Waals surface area contributed by atoms with Gasteiger partial charge >= 0.3 is 0 Å². The third-order valence-electron chi connectivity index (χ3n) is 3.57. The number of phenols is 1. The molecule has 0 aliphatic rings. The largest absolute Gasteiger partial charge is 0.505 e. The van der Waals surface area contributed by atoms with Crippen molar-refractivity contribution in [3.63, 3.8) is 0 Å². The molecule has 1 N–H and O–H groups in total. The van der Waals surface area contributed by atoms with Crippen molar-refractivity contribution in [1.29, 1.82) is 0 Å². The number of hydrogen-bond acceptors (Lipinski definition) is 3. The molecule has 1 aromatic carbocycles. The number of pyridine rings is 2. The molecule has 2 heterocycles. The Morgan fingerprint density at radius 1 is 1.05 bits per heavy atom. The number of rotatable bonds is 2. The number of benzene rings is 1. The molecular formula is C18H15FN2O. The minimum Gasteiger partial charge on any atom is -0.505 e. The van der Waals surface area contributed by atoms with Crippen molar-refractivity contribution in [1.82, 2.24) is 9.97 Å². The van der Waals surface area contributed by atoms with E-state index in [0.717, 1.165) is 27.8 Å². The molecule has 0 saturated carbocycles. The molecule has 4 heteroatoms. The Kier molecular flexibility index (Phi) is 3.59. The van der Waals surface area contributed by atoms with E-state index in [4.69, 9.17) is 0 Å². The van der Waals surface area contributed by atoms with E-state index in [-0.39, 0.29) is 5.75 Å². The second-order valence-electron chi connectivity index (χ2n) is 5.24. The number of phenolic OH excluding ortho intramolecular Hbond substituents is 1. The SMILES string of the molecule is Cc1cc(C)c2ccc(/C=C/c3ccc(F)nc3)nc2c1O. The second kappa shape index (κ2) is 5.56. The highest BCUT2D eigenvalue weighted by molar-refractivity contribution is 5.89. The number of hydrogen-bond donors (Lipinski definition) is 1. The van der Waals surface area contributed by atoms with Gasteiger partial charge in [-0.25, -0.2) is 9.97 Å². The summed E-state index contributed by atoms with van der Waals surface area (Å²) in [6, 6.07) is 8.73. The summed E-state index contributed by atoms with van der Waals surface area (Å²) in [5.74, 6) is -0.295. The highest BCUT2D eigenvalue weighted by Crippen LogP contribution is 2.29. The topological polar surface area (TPSA) is 46.0 Å². The van der Waals surface area contributed by atoms with Crippen LogP contribution in [0.5, 0.6) is 5.75 Å². The van der Waals surface area contributed by atoms with Gasteiger partial charge in [-0.2, -0.15) is 4.39 Å². The molecule has 0 bridgehead atoms. The van der Waals surface area contributed by atoms with Crippen LogP contribution in [0.2, 0.25) is 0 Å². The summed E-state index contributed by atoms with van der Waals surface area (Å²) in [4.78, 5) is 8.10. The molecule has 0 aliphatic carbocycles.